The smallest absolute Gasteiger partial charge is 0.335 e. The van der Waals surface area contributed by atoms with Crippen molar-refractivity contribution in [2.45, 2.75) is 6.42 Å². The van der Waals surface area contributed by atoms with Gasteiger partial charge in [-0.1, -0.05) is 36.4 Å². The minimum Gasteiger partial charge on any atom is -0.478 e. The topological polar surface area (TPSA) is 118 Å². The maximum atomic E-state index is 11.9. The van der Waals surface area contributed by atoms with Crippen LogP contribution in [-0.4, -0.2) is 34.0 Å². The highest BCUT2D eigenvalue weighted by Gasteiger charge is 2.16. The molecule has 0 radical (unpaired) electrons. The lowest BCUT2D eigenvalue weighted by atomic mass is 9.96. The van der Waals surface area contributed by atoms with Crippen molar-refractivity contribution in [2.75, 3.05) is 12.8 Å². The van der Waals surface area contributed by atoms with Crippen LogP contribution in [0.3, 0.4) is 0 Å². The second-order valence-corrected chi connectivity index (χ2v) is 5.91. The highest BCUT2D eigenvalue weighted by Crippen LogP contribution is 2.24. The fourth-order valence-corrected chi connectivity index (χ4v) is 2.75. The number of carboxylic acids is 1. The highest BCUT2D eigenvalue weighted by atomic mass is 16.4. The molecule has 1 heterocycles. The van der Waals surface area contributed by atoms with Gasteiger partial charge in [-0.15, -0.1) is 0 Å². The number of nitrogens with one attached hydrogen (secondary N) is 1. The first-order chi connectivity index (χ1) is 13.0. The number of nitrogen functional groups attached to an aromatic ring is 1. The van der Waals surface area contributed by atoms with E-state index in [1.54, 1.807) is 12.1 Å². The molecule has 3 aromatic rings. The zero-order chi connectivity index (χ0) is 19.4. The molecule has 7 heteroatoms. The van der Waals surface area contributed by atoms with Gasteiger partial charge in [0.25, 0.3) is 5.91 Å². The van der Waals surface area contributed by atoms with Gasteiger partial charge in [-0.3, -0.25) is 4.79 Å². The molecular formula is C20H18N4O3. The van der Waals surface area contributed by atoms with Crippen LogP contribution < -0.4 is 11.1 Å². The number of anilines is 1. The van der Waals surface area contributed by atoms with Crippen LogP contribution in [0.15, 0.2) is 54.7 Å². The van der Waals surface area contributed by atoms with Crippen molar-refractivity contribution < 1.29 is 14.7 Å². The van der Waals surface area contributed by atoms with Crippen LogP contribution in [0.1, 0.15) is 32.0 Å². The van der Waals surface area contributed by atoms with E-state index in [2.05, 4.69) is 15.3 Å². The van der Waals surface area contributed by atoms with E-state index in [1.165, 1.54) is 19.3 Å². The molecular weight excluding hydrogens is 344 g/mol. The van der Waals surface area contributed by atoms with Crippen LogP contribution in [0.2, 0.25) is 0 Å². The number of nitrogens with zero attached hydrogens (tertiary/aromatic N) is 2. The maximum Gasteiger partial charge on any atom is 0.335 e. The van der Waals surface area contributed by atoms with Crippen molar-refractivity contribution in [1.82, 2.24) is 15.3 Å². The Morgan fingerprint density at radius 2 is 1.89 bits per heavy atom. The summed E-state index contributed by atoms with van der Waals surface area (Å²) in [5.41, 5.74) is 8.71. The molecule has 0 saturated carbocycles. The number of rotatable bonds is 5. The summed E-state index contributed by atoms with van der Waals surface area (Å²) in [4.78, 5) is 31.8. The number of carbonyl (C=O) groups is 2. The number of nitrogens with two attached hydrogens (primary N) is 1. The Morgan fingerprint density at radius 3 is 2.56 bits per heavy atom. The molecule has 0 bridgehead atoms. The Hall–Kier alpha value is -3.74. The minimum absolute atomic E-state index is 0.0296. The summed E-state index contributed by atoms with van der Waals surface area (Å²) in [6, 6.07) is 14.5. The number of aromatic carboxylic acids is 1. The van der Waals surface area contributed by atoms with Gasteiger partial charge < -0.3 is 16.2 Å². The summed E-state index contributed by atoms with van der Waals surface area (Å²) in [5.74, 6) is -1.40. The fourth-order valence-electron chi connectivity index (χ4n) is 2.75. The lowest BCUT2D eigenvalue weighted by molar-refractivity contribution is 0.0695. The fraction of sp³-hybridized carbons (Fsp3) is 0.100. The van der Waals surface area contributed by atoms with Crippen molar-refractivity contribution in [1.29, 1.82) is 0 Å². The van der Waals surface area contributed by atoms with Crippen molar-refractivity contribution in [3.8, 4) is 11.3 Å². The molecule has 1 aromatic heterocycles. The Kier molecular flexibility index (Phi) is 5.12. The van der Waals surface area contributed by atoms with Crippen molar-refractivity contribution in [2.24, 2.45) is 0 Å². The minimum atomic E-state index is -0.998. The van der Waals surface area contributed by atoms with Gasteiger partial charge in [-0.25, -0.2) is 14.8 Å². The molecule has 3 rings (SSSR count). The highest BCUT2D eigenvalue weighted by molar-refractivity contribution is 5.96. The molecule has 0 fully saturated rings. The average Bonchev–Trinajstić information content (AvgIpc) is 2.68. The van der Waals surface area contributed by atoms with Gasteiger partial charge in [0.1, 0.15) is 0 Å². The van der Waals surface area contributed by atoms with E-state index >= 15 is 0 Å². The van der Waals surface area contributed by atoms with Crippen LogP contribution in [0.5, 0.6) is 0 Å². The quantitative estimate of drug-likeness (QED) is 0.641. The van der Waals surface area contributed by atoms with Crippen LogP contribution >= 0.6 is 0 Å². The largest absolute Gasteiger partial charge is 0.478 e. The average molecular weight is 362 g/mol. The Labute approximate surface area is 155 Å². The van der Waals surface area contributed by atoms with Crippen LogP contribution in [0, 0.1) is 0 Å². The molecule has 0 saturated heterocycles. The van der Waals surface area contributed by atoms with E-state index in [-0.39, 0.29) is 17.1 Å². The second-order valence-electron chi connectivity index (χ2n) is 5.91. The molecule has 0 aliphatic carbocycles. The van der Waals surface area contributed by atoms with Crippen molar-refractivity contribution in [3.63, 3.8) is 0 Å². The van der Waals surface area contributed by atoms with Crippen LogP contribution in [0.25, 0.3) is 11.3 Å². The predicted octanol–water partition coefficient (Wildman–Crippen LogP) is 2.37. The van der Waals surface area contributed by atoms with Crippen molar-refractivity contribution in [3.05, 3.63) is 77.1 Å². The summed E-state index contributed by atoms with van der Waals surface area (Å²) < 4.78 is 0. The van der Waals surface area contributed by atoms with E-state index in [9.17, 15) is 14.7 Å². The molecule has 7 nitrogen and oxygen atoms in total. The molecule has 27 heavy (non-hydrogen) atoms. The number of hydrogen-bond acceptors (Lipinski definition) is 5. The Bertz CT molecular complexity index is 1000. The SMILES string of the molecule is CNC(=O)c1nc(-c2ccc(C(=O)O)c(Cc3ccccc3)c2)cnc1N. The zero-order valence-corrected chi connectivity index (χ0v) is 14.6. The van der Waals surface area contributed by atoms with E-state index < -0.39 is 11.9 Å². The van der Waals surface area contributed by atoms with E-state index in [0.29, 0.717) is 23.2 Å². The molecule has 2 aromatic carbocycles. The van der Waals surface area contributed by atoms with Gasteiger partial charge in [-0.2, -0.15) is 0 Å². The number of hydrogen-bond donors (Lipinski definition) is 3. The summed E-state index contributed by atoms with van der Waals surface area (Å²) in [5, 5.41) is 12.0. The van der Waals surface area contributed by atoms with Gasteiger partial charge >= 0.3 is 5.97 Å². The third kappa shape index (κ3) is 3.92. The molecule has 0 aliphatic heterocycles. The normalized spacial score (nSPS) is 10.4. The molecule has 0 aliphatic rings. The van der Waals surface area contributed by atoms with Gasteiger partial charge in [0.15, 0.2) is 11.5 Å². The van der Waals surface area contributed by atoms with Crippen LogP contribution in [0.4, 0.5) is 5.82 Å². The summed E-state index contributed by atoms with van der Waals surface area (Å²) >= 11 is 0. The number of benzene rings is 2. The van der Waals surface area contributed by atoms with Crippen LogP contribution in [-0.2, 0) is 6.42 Å². The lowest BCUT2D eigenvalue weighted by Crippen LogP contribution is -2.21. The third-order valence-electron chi connectivity index (χ3n) is 4.11. The van der Waals surface area contributed by atoms with Gasteiger partial charge in [0, 0.05) is 12.6 Å². The third-order valence-corrected chi connectivity index (χ3v) is 4.11. The molecule has 4 N–H and O–H groups in total. The zero-order valence-electron chi connectivity index (χ0n) is 14.6. The first-order valence-electron chi connectivity index (χ1n) is 8.24. The van der Waals surface area contributed by atoms with Gasteiger partial charge in [-0.05, 0) is 29.7 Å². The van der Waals surface area contributed by atoms with Gasteiger partial charge in [0.05, 0.1) is 17.5 Å². The predicted molar refractivity (Wildman–Crippen MR) is 101 cm³/mol. The Morgan fingerprint density at radius 1 is 1.15 bits per heavy atom. The summed E-state index contributed by atoms with van der Waals surface area (Å²) in [6.45, 7) is 0. The number of amides is 1. The summed E-state index contributed by atoms with van der Waals surface area (Å²) in [7, 11) is 1.48. The number of carboxylic acid groups (broad SMARTS) is 1. The monoisotopic (exact) mass is 362 g/mol. The lowest BCUT2D eigenvalue weighted by Gasteiger charge is -2.10. The van der Waals surface area contributed by atoms with E-state index in [0.717, 1.165) is 5.56 Å². The van der Waals surface area contributed by atoms with Crippen molar-refractivity contribution >= 4 is 17.7 Å². The summed E-state index contributed by atoms with van der Waals surface area (Å²) in [6.07, 6.45) is 1.92. The molecule has 136 valence electrons. The Balaban J connectivity index is 2.06. The second kappa shape index (κ2) is 7.65. The van der Waals surface area contributed by atoms with E-state index in [4.69, 9.17) is 5.73 Å². The van der Waals surface area contributed by atoms with Gasteiger partial charge in [0.2, 0.25) is 0 Å². The number of carbonyl (C=O) groups excluding carboxylic acids is 1. The first kappa shape index (κ1) is 18.1. The molecule has 0 unspecified atom stereocenters. The molecule has 0 spiro atoms. The first-order valence-corrected chi connectivity index (χ1v) is 8.24. The molecule has 0 atom stereocenters. The number of aromatic nitrogens is 2. The molecule has 1 amide bonds. The maximum absolute atomic E-state index is 11.9. The van der Waals surface area contributed by atoms with E-state index in [1.807, 2.05) is 30.3 Å². The standard InChI is InChI=1S/C20H18N4O3/c1-22-19(25)17-18(21)23-11-16(24-17)13-7-8-15(20(26)27)14(10-13)9-12-5-3-2-4-6-12/h2-8,10-11H,9H2,1H3,(H2,21,23)(H,22,25)(H,26,27).